The quantitative estimate of drug-likeness (QED) is 0.857. The molecule has 2 N–H and O–H groups in total. The molecule has 0 aliphatic heterocycles. The highest BCUT2D eigenvalue weighted by molar-refractivity contribution is 5.94. The van der Waals surface area contributed by atoms with Gasteiger partial charge in [-0.15, -0.1) is 0 Å². The average molecular weight is 301 g/mol. The Hall–Kier alpha value is -2.63. The number of hydrogen-bond acceptors (Lipinski definition) is 3. The van der Waals surface area contributed by atoms with Crippen LogP contribution in [-0.2, 0) is 4.79 Å². The summed E-state index contributed by atoms with van der Waals surface area (Å²) >= 11 is 0. The Bertz CT molecular complexity index is 662. The monoisotopic (exact) mass is 301 g/mol. The van der Waals surface area contributed by atoms with Gasteiger partial charge in [-0.1, -0.05) is 18.2 Å². The van der Waals surface area contributed by atoms with E-state index in [1.807, 2.05) is 30.3 Å². The molecular weight excluding hydrogens is 282 g/mol. The van der Waals surface area contributed by atoms with Crippen molar-refractivity contribution < 1.29 is 14.7 Å². The molecule has 0 bridgehead atoms. The lowest BCUT2D eigenvalue weighted by Gasteiger charge is -2.25. The van der Waals surface area contributed by atoms with Gasteiger partial charge in [-0.05, 0) is 32.4 Å². The smallest absolute Gasteiger partial charge is 0.303 e. The number of carbonyl (C=O) groups is 2. The highest BCUT2D eigenvalue weighted by Gasteiger charge is 2.23. The molecule has 6 heteroatoms. The van der Waals surface area contributed by atoms with Gasteiger partial charge in [-0.3, -0.25) is 9.59 Å². The normalized spacial score (nSPS) is 11.2. The van der Waals surface area contributed by atoms with Crippen LogP contribution in [0.3, 0.4) is 0 Å². The summed E-state index contributed by atoms with van der Waals surface area (Å²) in [5.41, 5.74) is 0.712. The minimum Gasteiger partial charge on any atom is -0.481 e. The molecule has 0 atom stereocenters. The molecule has 1 heterocycles. The molecule has 22 heavy (non-hydrogen) atoms. The lowest BCUT2D eigenvalue weighted by atomic mass is 9.98. The van der Waals surface area contributed by atoms with E-state index in [0.717, 1.165) is 5.69 Å². The zero-order valence-electron chi connectivity index (χ0n) is 12.6. The summed E-state index contributed by atoms with van der Waals surface area (Å²) in [7, 11) is 0. The summed E-state index contributed by atoms with van der Waals surface area (Å²) < 4.78 is 1.62. The molecule has 116 valence electrons. The first-order chi connectivity index (χ1) is 10.4. The number of nitrogens with one attached hydrogen (secondary N) is 1. The first-order valence-corrected chi connectivity index (χ1v) is 7.02. The van der Waals surface area contributed by atoms with Crippen LogP contribution in [-0.4, -0.2) is 32.3 Å². The summed E-state index contributed by atoms with van der Waals surface area (Å²) in [6, 6.07) is 9.49. The van der Waals surface area contributed by atoms with Crippen molar-refractivity contribution in [2.75, 3.05) is 0 Å². The van der Waals surface area contributed by atoms with Crippen LogP contribution in [0.15, 0.2) is 42.7 Å². The maximum Gasteiger partial charge on any atom is 0.303 e. The third-order valence-electron chi connectivity index (χ3n) is 3.28. The van der Waals surface area contributed by atoms with Gasteiger partial charge in [0.1, 0.15) is 0 Å². The second-order valence-corrected chi connectivity index (χ2v) is 5.74. The van der Waals surface area contributed by atoms with Crippen LogP contribution in [0.25, 0.3) is 5.69 Å². The summed E-state index contributed by atoms with van der Waals surface area (Å²) in [6.07, 6.45) is 3.52. The summed E-state index contributed by atoms with van der Waals surface area (Å²) in [4.78, 5) is 22.9. The van der Waals surface area contributed by atoms with E-state index < -0.39 is 11.5 Å². The fourth-order valence-corrected chi connectivity index (χ4v) is 2.02. The van der Waals surface area contributed by atoms with Gasteiger partial charge in [0.2, 0.25) is 0 Å². The number of benzene rings is 1. The molecule has 2 aromatic rings. The number of para-hydroxylation sites is 1. The number of rotatable bonds is 6. The molecule has 6 nitrogen and oxygen atoms in total. The van der Waals surface area contributed by atoms with Gasteiger partial charge in [-0.2, -0.15) is 5.10 Å². The van der Waals surface area contributed by atoms with E-state index in [-0.39, 0.29) is 12.3 Å². The zero-order valence-corrected chi connectivity index (χ0v) is 12.6. The van der Waals surface area contributed by atoms with Crippen molar-refractivity contribution in [3.05, 3.63) is 48.3 Å². The third-order valence-corrected chi connectivity index (χ3v) is 3.28. The van der Waals surface area contributed by atoms with Crippen molar-refractivity contribution in [1.82, 2.24) is 15.1 Å². The summed E-state index contributed by atoms with van der Waals surface area (Å²) in [5, 5.41) is 15.7. The zero-order chi connectivity index (χ0) is 16.2. The highest BCUT2D eigenvalue weighted by Crippen LogP contribution is 2.13. The topological polar surface area (TPSA) is 84.2 Å². The van der Waals surface area contributed by atoms with E-state index in [1.54, 1.807) is 24.7 Å². The highest BCUT2D eigenvalue weighted by atomic mass is 16.4. The van der Waals surface area contributed by atoms with Gasteiger partial charge < -0.3 is 10.4 Å². The number of amides is 1. The fourth-order valence-electron chi connectivity index (χ4n) is 2.02. The first-order valence-electron chi connectivity index (χ1n) is 7.02. The van der Waals surface area contributed by atoms with Crippen LogP contribution >= 0.6 is 0 Å². The Morgan fingerprint density at radius 1 is 1.27 bits per heavy atom. The van der Waals surface area contributed by atoms with E-state index >= 15 is 0 Å². The SMILES string of the molecule is CC(C)(CCC(=O)O)NC(=O)c1cnn(-c2ccccc2)c1. The van der Waals surface area contributed by atoms with Crippen molar-refractivity contribution in [3.63, 3.8) is 0 Å². The number of aliphatic carboxylic acids is 1. The van der Waals surface area contributed by atoms with Crippen molar-refractivity contribution in [2.24, 2.45) is 0 Å². The third kappa shape index (κ3) is 4.18. The second-order valence-electron chi connectivity index (χ2n) is 5.74. The number of carboxylic acid groups (broad SMARTS) is 1. The van der Waals surface area contributed by atoms with Crippen molar-refractivity contribution >= 4 is 11.9 Å². The largest absolute Gasteiger partial charge is 0.481 e. The Morgan fingerprint density at radius 3 is 2.59 bits per heavy atom. The Labute approximate surface area is 128 Å². The molecule has 0 unspecified atom stereocenters. The first kappa shape index (κ1) is 15.8. The molecule has 0 radical (unpaired) electrons. The van der Waals surface area contributed by atoms with Crippen LogP contribution in [0.2, 0.25) is 0 Å². The minimum atomic E-state index is -0.876. The summed E-state index contributed by atoms with van der Waals surface area (Å²) in [5.74, 6) is -1.14. The predicted molar refractivity (Wildman–Crippen MR) is 82.0 cm³/mol. The number of carboxylic acids is 1. The minimum absolute atomic E-state index is 0.0105. The van der Waals surface area contributed by atoms with Crippen LogP contribution in [0.1, 0.15) is 37.0 Å². The van der Waals surface area contributed by atoms with Crippen molar-refractivity contribution in [3.8, 4) is 5.69 Å². The molecule has 1 aromatic heterocycles. The molecular formula is C16H19N3O3. The maximum absolute atomic E-state index is 12.2. The Morgan fingerprint density at radius 2 is 1.95 bits per heavy atom. The van der Waals surface area contributed by atoms with Gasteiger partial charge in [0.15, 0.2) is 0 Å². The second kappa shape index (κ2) is 6.43. The number of nitrogens with zero attached hydrogens (tertiary/aromatic N) is 2. The van der Waals surface area contributed by atoms with E-state index in [2.05, 4.69) is 10.4 Å². The molecule has 0 aliphatic carbocycles. The van der Waals surface area contributed by atoms with Gasteiger partial charge in [0.25, 0.3) is 5.91 Å². The van der Waals surface area contributed by atoms with Gasteiger partial charge >= 0.3 is 5.97 Å². The fraction of sp³-hybridized carbons (Fsp3) is 0.312. The molecule has 0 fully saturated rings. The predicted octanol–water partition coefficient (Wildman–Crippen LogP) is 2.25. The maximum atomic E-state index is 12.2. The van der Waals surface area contributed by atoms with E-state index in [4.69, 9.17) is 5.11 Å². The van der Waals surface area contributed by atoms with Crippen LogP contribution in [0.4, 0.5) is 0 Å². The number of carbonyl (C=O) groups excluding carboxylic acids is 1. The lowest BCUT2D eigenvalue weighted by Crippen LogP contribution is -2.43. The Balaban J connectivity index is 2.04. The molecule has 0 aliphatic rings. The van der Waals surface area contributed by atoms with E-state index in [9.17, 15) is 9.59 Å². The van der Waals surface area contributed by atoms with Crippen molar-refractivity contribution in [2.45, 2.75) is 32.2 Å². The number of hydrogen-bond donors (Lipinski definition) is 2. The molecule has 0 spiro atoms. The Kier molecular flexibility index (Phi) is 4.60. The van der Waals surface area contributed by atoms with Crippen LogP contribution in [0.5, 0.6) is 0 Å². The van der Waals surface area contributed by atoms with Gasteiger partial charge in [0.05, 0.1) is 17.4 Å². The van der Waals surface area contributed by atoms with Gasteiger partial charge in [0, 0.05) is 18.2 Å². The number of aromatic nitrogens is 2. The van der Waals surface area contributed by atoms with E-state index in [0.29, 0.717) is 12.0 Å². The lowest BCUT2D eigenvalue weighted by molar-refractivity contribution is -0.137. The van der Waals surface area contributed by atoms with Crippen LogP contribution < -0.4 is 5.32 Å². The van der Waals surface area contributed by atoms with Crippen LogP contribution in [0, 0.1) is 0 Å². The standard InChI is InChI=1S/C16H19N3O3/c1-16(2,9-8-14(20)21)18-15(22)12-10-17-19(11-12)13-6-4-3-5-7-13/h3-7,10-11H,8-9H2,1-2H3,(H,18,22)(H,20,21). The molecule has 0 saturated heterocycles. The average Bonchev–Trinajstić information content (AvgIpc) is 2.96. The van der Waals surface area contributed by atoms with Gasteiger partial charge in [-0.25, -0.2) is 4.68 Å². The van der Waals surface area contributed by atoms with E-state index in [1.165, 1.54) is 6.20 Å². The molecule has 0 saturated carbocycles. The summed E-state index contributed by atoms with van der Waals surface area (Å²) in [6.45, 7) is 3.60. The molecule has 1 amide bonds. The van der Waals surface area contributed by atoms with Crippen molar-refractivity contribution in [1.29, 1.82) is 0 Å². The molecule has 1 aromatic carbocycles. The molecule has 2 rings (SSSR count).